The van der Waals surface area contributed by atoms with E-state index >= 15 is 0 Å². The molecule has 0 radical (unpaired) electrons. The van der Waals surface area contributed by atoms with Gasteiger partial charge in [0.2, 0.25) is 0 Å². The Kier molecular flexibility index (Phi) is 6.50. The molecule has 1 saturated carbocycles. The van der Waals surface area contributed by atoms with Gasteiger partial charge in [-0.2, -0.15) is 0 Å². The van der Waals surface area contributed by atoms with Crippen LogP contribution in [0.5, 0.6) is 0 Å². The second-order valence-electron chi connectivity index (χ2n) is 7.67. The normalized spacial score (nSPS) is 24.3. The number of benzene rings is 2. The van der Waals surface area contributed by atoms with Gasteiger partial charge in [-0.1, -0.05) is 72.9 Å². The van der Waals surface area contributed by atoms with Crippen molar-refractivity contribution in [1.29, 1.82) is 0 Å². The van der Waals surface area contributed by atoms with Crippen molar-refractivity contribution in [2.75, 3.05) is 20.6 Å². The van der Waals surface area contributed by atoms with Crippen LogP contribution in [0.3, 0.4) is 0 Å². The first kappa shape index (κ1) is 19.4. The van der Waals surface area contributed by atoms with Gasteiger partial charge in [-0.05, 0) is 56.6 Å². The summed E-state index contributed by atoms with van der Waals surface area (Å²) in [6.07, 6.45) is 6.24. The smallest absolute Gasteiger partial charge is 0.151 e. The average molecular weight is 360 g/mol. The molecule has 0 aliphatic heterocycles. The Morgan fingerprint density at radius 1 is 1.04 bits per heavy atom. The maximum absolute atomic E-state index is 11.9. The third-order valence-electron chi connectivity index (χ3n) is 5.23. The number of aliphatic hydroxyl groups is 1. The Morgan fingerprint density at radius 2 is 1.70 bits per heavy atom. The van der Waals surface area contributed by atoms with Gasteiger partial charge in [-0.25, -0.2) is 0 Å². The van der Waals surface area contributed by atoms with E-state index in [0.29, 0.717) is 0 Å². The lowest BCUT2D eigenvalue weighted by Gasteiger charge is -2.34. The molecule has 3 rings (SSSR count). The van der Waals surface area contributed by atoms with Crippen LogP contribution in [-0.4, -0.2) is 36.2 Å². The van der Waals surface area contributed by atoms with Gasteiger partial charge in [-0.3, -0.25) is 0 Å². The highest BCUT2D eigenvalue weighted by Crippen LogP contribution is 2.38. The molecule has 0 saturated heterocycles. The molecule has 2 aromatic carbocycles. The van der Waals surface area contributed by atoms with Crippen molar-refractivity contribution >= 4 is 6.08 Å². The Morgan fingerprint density at radius 3 is 2.37 bits per heavy atom. The lowest BCUT2D eigenvalue weighted by molar-refractivity contribution is 0.0569. The maximum Gasteiger partial charge on any atom is 0.151 e. The molecule has 1 aliphatic rings. The van der Waals surface area contributed by atoms with E-state index in [0.717, 1.165) is 48.9 Å². The van der Waals surface area contributed by atoms with E-state index in [9.17, 15) is 5.11 Å². The Balaban J connectivity index is 2.05. The van der Waals surface area contributed by atoms with E-state index in [2.05, 4.69) is 49.0 Å². The molecule has 0 aromatic heterocycles. The molecule has 140 valence electrons. The van der Waals surface area contributed by atoms with Crippen molar-refractivity contribution in [3.05, 3.63) is 77.4 Å². The van der Waals surface area contributed by atoms with E-state index in [1.54, 1.807) is 0 Å². The molecule has 2 heteroatoms. The summed E-state index contributed by atoms with van der Waals surface area (Å²) in [7, 11) is 4.13. The third kappa shape index (κ3) is 5.10. The molecule has 2 atom stereocenters. The zero-order chi connectivity index (χ0) is 19.1. The Hall–Kier alpha value is -2.34. The van der Waals surface area contributed by atoms with Crippen LogP contribution in [0.4, 0.5) is 0 Å². The minimum Gasteiger partial charge on any atom is -0.373 e. The van der Waals surface area contributed by atoms with Crippen LogP contribution in [0.1, 0.15) is 36.8 Å². The van der Waals surface area contributed by atoms with Gasteiger partial charge in [0.15, 0.2) is 5.60 Å². The summed E-state index contributed by atoms with van der Waals surface area (Å²) in [5.74, 6) is 6.63. The SMILES string of the molecule is CN(C)CC1CCCCC(=Cc2ccccc2)C1(O)C#Cc1ccccc1. The van der Waals surface area contributed by atoms with E-state index in [1.165, 1.54) is 0 Å². The van der Waals surface area contributed by atoms with E-state index in [4.69, 9.17) is 0 Å². The molecule has 2 nitrogen and oxygen atoms in total. The number of rotatable bonds is 3. The molecular formula is C25H29NO. The van der Waals surface area contributed by atoms with Gasteiger partial charge >= 0.3 is 0 Å². The summed E-state index contributed by atoms with van der Waals surface area (Å²) in [5.41, 5.74) is 2.00. The van der Waals surface area contributed by atoms with Crippen LogP contribution in [0.2, 0.25) is 0 Å². The number of hydrogen-bond donors (Lipinski definition) is 1. The Labute approximate surface area is 163 Å². The maximum atomic E-state index is 11.9. The van der Waals surface area contributed by atoms with Crippen LogP contribution in [0.25, 0.3) is 6.08 Å². The molecule has 0 heterocycles. The first-order valence-corrected chi connectivity index (χ1v) is 9.79. The van der Waals surface area contributed by atoms with E-state index in [1.807, 2.05) is 48.5 Å². The van der Waals surface area contributed by atoms with Gasteiger partial charge in [0.25, 0.3) is 0 Å². The van der Waals surface area contributed by atoms with Gasteiger partial charge in [-0.15, -0.1) is 0 Å². The predicted octanol–water partition coefficient (Wildman–Crippen LogP) is 4.60. The first-order valence-electron chi connectivity index (χ1n) is 9.79. The molecule has 27 heavy (non-hydrogen) atoms. The minimum atomic E-state index is -1.10. The summed E-state index contributed by atoms with van der Waals surface area (Å²) in [4.78, 5) is 2.16. The third-order valence-corrected chi connectivity index (χ3v) is 5.23. The van der Waals surface area contributed by atoms with Gasteiger partial charge < -0.3 is 10.0 Å². The molecule has 0 amide bonds. The molecule has 1 N–H and O–H groups in total. The zero-order valence-corrected chi connectivity index (χ0v) is 16.4. The molecule has 2 aromatic rings. The topological polar surface area (TPSA) is 23.5 Å². The van der Waals surface area contributed by atoms with Gasteiger partial charge in [0, 0.05) is 18.0 Å². The molecule has 1 aliphatic carbocycles. The van der Waals surface area contributed by atoms with Crippen molar-refractivity contribution in [3.63, 3.8) is 0 Å². The largest absolute Gasteiger partial charge is 0.373 e. The quantitative estimate of drug-likeness (QED) is 0.639. The van der Waals surface area contributed by atoms with E-state index in [-0.39, 0.29) is 5.92 Å². The highest BCUT2D eigenvalue weighted by atomic mass is 16.3. The minimum absolute atomic E-state index is 0.0983. The Bertz CT molecular complexity index is 814. The van der Waals surface area contributed by atoms with Crippen LogP contribution in [-0.2, 0) is 0 Å². The van der Waals surface area contributed by atoms with Crippen molar-refractivity contribution in [1.82, 2.24) is 4.90 Å². The van der Waals surface area contributed by atoms with Crippen LogP contribution in [0.15, 0.2) is 66.2 Å². The van der Waals surface area contributed by atoms with Crippen LogP contribution >= 0.6 is 0 Å². The summed E-state index contributed by atoms with van der Waals surface area (Å²) in [6.45, 7) is 0.825. The van der Waals surface area contributed by atoms with Crippen molar-refractivity contribution in [2.24, 2.45) is 5.92 Å². The molecule has 0 bridgehead atoms. The highest BCUT2D eigenvalue weighted by Gasteiger charge is 2.40. The van der Waals surface area contributed by atoms with Crippen LogP contribution < -0.4 is 0 Å². The highest BCUT2D eigenvalue weighted by molar-refractivity contribution is 5.58. The number of nitrogens with zero attached hydrogens (tertiary/aromatic N) is 1. The van der Waals surface area contributed by atoms with Crippen molar-refractivity contribution in [2.45, 2.75) is 31.3 Å². The monoisotopic (exact) mass is 359 g/mol. The second kappa shape index (κ2) is 9.04. The van der Waals surface area contributed by atoms with Gasteiger partial charge in [0.05, 0.1) is 0 Å². The van der Waals surface area contributed by atoms with E-state index < -0.39 is 5.60 Å². The fourth-order valence-corrected chi connectivity index (χ4v) is 3.84. The lowest BCUT2D eigenvalue weighted by Crippen LogP contribution is -2.43. The predicted molar refractivity (Wildman–Crippen MR) is 113 cm³/mol. The average Bonchev–Trinajstić information content (AvgIpc) is 2.82. The standard InChI is InChI=1S/C25H29NO/c1-26(2)20-24-16-10-9-15-23(19-22-13-7-4-8-14-22)25(24,27)18-17-21-11-5-3-6-12-21/h3-8,11-14,19,24,27H,9-10,15-16,20H2,1-2H3. The van der Waals surface area contributed by atoms with Gasteiger partial charge in [0.1, 0.15) is 0 Å². The lowest BCUT2D eigenvalue weighted by atomic mass is 9.79. The molecule has 1 fully saturated rings. The van der Waals surface area contributed by atoms with Crippen LogP contribution in [0, 0.1) is 17.8 Å². The summed E-state index contributed by atoms with van der Waals surface area (Å²) in [5, 5.41) is 11.9. The molecule has 0 spiro atoms. The second-order valence-corrected chi connectivity index (χ2v) is 7.67. The summed E-state index contributed by atoms with van der Waals surface area (Å²) < 4.78 is 0. The fourth-order valence-electron chi connectivity index (χ4n) is 3.84. The van der Waals surface area contributed by atoms with Crippen molar-refractivity contribution in [3.8, 4) is 11.8 Å². The first-order chi connectivity index (χ1) is 13.1. The summed E-state index contributed by atoms with van der Waals surface area (Å²) in [6, 6.07) is 20.2. The summed E-state index contributed by atoms with van der Waals surface area (Å²) >= 11 is 0. The zero-order valence-electron chi connectivity index (χ0n) is 16.4. The van der Waals surface area contributed by atoms with Crippen molar-refractivity contribution < 1.29 is 5.11 Å². The molecule has 2 unspecified atom stereocenters. The number of hydrogen-bond acceptors (Lipinski definition) is 2. The fraction of sp³-hybridized carbons (Fsp3) is 0.360. The molecular weight excluding hydrogens is 330 g/mol.